The molecule has 4 heterocycles. The van der Waals surface area contributed by atoms with Gasteiger partial charge < -0.3 is 4.90 Å². The Balaban J connectivity index is 1.52. The van der Waals surface area contributed by atoms with Crippen LogP contribution in [-0.4, -0.2) is 16.5 Å². The smallest absolute Gasteiger partial charge is 0.186 e. The van der Waals surface area contributed by atoms with E-state index >= 15 is 0 Å². The number of anilines is 1. The Morgan fingerprint density at radius 2 is 1.96 bits per heavy atom. The number of hydrogen-bond donors (Lipinski definition) is 0. The third kappa shape index (κ3) is 2.73. The van der Waals surface area contributed by atoms with E-state index < -0.39 is 0 Å². The van der Waals surface area contributed by atoms with Crippen LogP contribution >= 0.6 is 22.7 Å². The van der Waals surface area contributed by atoms with Crippen LogP contribution < -0.4 is 4.90 Å². The highest BCUT2D eigenvalue weighted by molar-refractivity contribution is 7.22. The largest absolute Gasteiger partial charge is 0.340 e. The van der Waals surface area contributed by atoms with Gasteiger partial charge in [-0.25, -0.2) is 4.98 Å². The first-order valence-corrected chi connectivity index (χ1v) is 10.2. The summed E-state index contributed by atoms with van der Waals surface area (Å²) in [4.78, 5) is 13.0. The van der Waals surface area contributed by atoms with E-state index in [4.69, 9.17) is 4.98 Å². The molecule has 1 atom stereocenters. The molecule has 1 unspecified atom stereocenters. The van der Waals surface area contributed by atoms with E-state index in [1.54, 1.807) is 0 Å². The minimum absolute atomic E-state index is 0.486. The maximum atomic E-state index is 4.93. The molecular weight excluding hydrogens is 346 g/mol. The molecule has 124 valence electrons. The van der Waals surface area contributed by atoms with Gasteiger partial charge in [0.25, 0.3) is 0 Å². The molecule has 3 aromatic heterocycles. The number of pyridine rings is 1. The molecule has 5 rings (SSSR count). The van der Waals surface area contributed by atoms with Crippen LogP contribution in [-0.2, 0) is 0 Å². The fourth-order valence-corrected chi connectivity index (χ4v) is 5.49. The van der Waals surface area contributed by atoms with Gasteiger partial charge in [0.2, 0.25) is 0 Å². The normalized spacial score (nSPS) is 17.4. The van der Waals surface area contributed by atoms with Crippen LogP contribution in [0.4, 0.5) is 5.13 Å². The number of hydrogen-bond acceptors (Lipinski definition) is 5. The Morgan fingerprint density at radius 3 is 2.80 bits per heavy atom. The average Bonchev–Trinajstić information content (AvgIpc) is 3.40. The number of aromatic nitrogens is 2. The van der Waals surface area contributed by atoms with Crippen LogP contribution in [0.2, 0.25) is 0 Å². The van der Waals surface area contributed by atoms with E-state index in [1.807, 2.05) is 35.1 Å². The third-order valence-corrected chi connectivity index (χ3v) is 6.79. The van der Waals surface area contributed by atoms with Crippen LogP contribution in [0.5, 0.6) is 0 Å². The highest BCUT2D eigenvalue weighted by Gasteiger charge is 2.29. The van der Waals surface area contributed by atoms with Crippen molar-refractivity contribution in [1.82, 2.24) is 9.97 Å². The lowest BCUT2D eigenvalue weighted by molar-refractivity contribution is 0.732. The summed E-state index contributed by atoms with van der Waals surface area (Å²) in [6, 6.07) is 15.5. The molecule has 1 aliphatic heterocycles. The third-order valence-electron chi connectivity index (χ3n) is 4.76. The average molecular weight is 364 g/mol. The molecule has 0 N–H and O–H groups in total. The summed E-state index contributed by atoms with van der Waals surface area (Å²) in [5.41, 5.74) is 3.51. The fraction of sp³-hybridized carbons (Fsp3) is 0.200. The van der Waals surface area contributed by atoms with Gasteiger partial charge in [-0.05, 0) is 59.7 Å². The minimum atomic E-state index is 0.486. The Kier molecular flexibility index (Phi) is 3.76. The summed E-state index contributed by atoms with van der Waals surface area (Å²) in [6.45, 7) is 1.10. The molecule has 4 aromatic rings. The van der Waals surface area contributed by atoms with E-state index in [0.717, 1.165) is 17.2 Å². The summed E-state index contributed by atoms with van der Waals surface area (Å²) in [5.74, 6) is 0. The summed E-state index contributed by atoms with van der Waals surface area (Å²) in [5, 5.41) is 3.32. The first kappa shape index (κ1) is 15.0. The standard InChI is InChI=1S/C20H17N3S2/c1-3-17(18-4-2-12-24-18)23(11-1)20-22-16-6-5-15(13-19(16)25-20)14-7-9-21-10-8-14/h2,4-10,12-13,17H,1,3,11H2. The predicted octanol–water partition coefficient (Wildman–Crippen LogP) is 5.76. The number of benzene rings is 1. The van der Waals surface area contributed by atoms with Crippen LogP contribution in [0, 0.1) is 0 Å². The SMILES string of the molecule is c1csc(C2CCCN2c2nc3ccc(-c4ccncc4)cc3s2)c1. The molecule has 1 aliphatic rings. The molecule has 1 saturated heterocycles. The van der Waals surface area contributed by atoms with Gasteiger partial charge in [-0.1, -0.05) is 23.5 Å². The van der Waals surface area contributed by atoms with E-state index in [-0.39, 0.29) is 0 Å². The van der Waals surface area contributed by atoms with E-state index in [0.29, 0.717) is 6.04 Å². The van der Waals surface area contributed by atoms with Crippen molar-refractivity contribution in [2.75, 3.05) is 11.4 Å². The molecule has 0 spiro atoms. The second-order valence-corrected chi connectivity index (χ2v) is 8.27. The van der Waals surface area contributed by atoms with Crippen molar-refractivity contribution in [3.63, 3.8) is 0 Å². The first-order valence-electron chi connectivity index (χ1n) is 8.49. The van der Waals surface area contributed by atoms with Crippen molar-refractivity contribution in [3.8, 4) is 11.1 Å². The van der Waals surface area contributed by atoms with E-state index in [9.17, 15) is 0 Å². The Labute approximate surface area is 154 Å². The van der Waals surface area contributed by atoms with Gasteiger partial charge in [0.1, 0.15) is 0 Å². The highest BCUT2D eigenvalue weighted by atomic mass is 32.1. The topological polar surface area (TPSA) is 29.0 Å². The van der Waals surface area contributed by atoms with E-state index in [1.165, 1.54) is 33.5 Å². The number of rotatable bonds is 3. The Bertz CT molecular complexity index is 992. The van der Waals surface area contributed by atoms with Crippen LogP contribution in [0.15, 0.2) is 60.2 Å². The van der Waals surface area contributed by atoms with Gasteiger partial charge in [-0.3, -0.25) is 4.98 Å². The van der Waals surface area contributed by atoms with Gasteiger partial charge in [-0.15, -0.1) is 11.3 Å². The van der Waals surface area contributed by atoms with E-state index in [2.05, 4.69) is 57.7 Å². The number of thiophene rings is 1. The summed E-state index contributed by atoms with van der Waals surface area (Å²) in [6.07, 6.45) is 6.14. The number of fused-ring (bicyclic) bond motifs is 1. The maximum absolute atomic E-state index is 4.93. The molecule has 1 aromatic carbocycles. The zero-order valence-corrected chi connectivity index (χ0v) is 15.3. The van der Waals surface area contributed by atoms with Crippen molar-refractivity contribution in [1.29, 1.82) is 0 Å². The zero-order chi connectivity index (χ0) is 16.6. The zero-order valence-electron chi connectivity index (χ0n) is 13.6. The lowest BCUT2D eigenvalue weighted by Gasteiger charge is -2.22. The van der Waals surface area contributed by atoms with Crippen LogP contribution in [0.25, 0.3) is 21.3 Å². The molecule has 0 aliphatic carbocycles. The van der Waals surface area contributed by atoms with Gasteiger partial charge in [0, 0.05) is 23.8 Å². The highest BCUT2D eigenvalue weighted by Crippen LogP contribution is 2.41. The minimum Gasteiger partial charge on any atom is -0.340 e. The summed E-state index contributed by atoms with van der Waals surface area (Å²) in [7, 11) is 0. The molecule has 1 fully saturated rings. The molecule has 25 heavy (non-hydrogen) atoms. The Morgan fingerprint density at radius 1 is 1.04 bits per heavy atom. The second-order valence-electron chi connectivity index (χ2n) is 6.28. The van der Waals surface area contributed by atoms with Crippen molar-refractivity contribution < 1.29 is 0 Å². The first-order chi connectivity index (χ1) is 12.4. The van der Waals surface area contributed by atoms with Crippen molar-refractivity contribution in [3.05, 3.63) is 65.1 Å². The molecule has 0 amide bonds. The van der Waals surface area contributed by atoms with Gasteiger partial charge in [0.15, 0.2) is 5.13 Å². The maximum Gasteiger partial charge on any atom is 0.186 e. The van der Waals surface area contributed by atoms with Crippen molar-refractivity contribution >= 4 is 38.0 Å². The molecule has 3 nitrogen and oxygen atoms in total. The molecule has 5 heteroatoms. The quantitative estimate of drug-likeness (QED) is 0.463. The molecular formula is C20H17N3S2. The summed E-state index contributed by atoms with van der Waals surface area (Å²) < 4.78 is 1.25. The molecule has 0 saturated carbocycles. The van der Waals surface area contributed by atoms with Gasteiger partial charge >= 0.3 is 0 Å². The fourth-order valence-electron chi connectivity index (χ4n) is 3.53. The molecule has 0 bridgehead atoms. The second kappa shape index (κ2) is 6.24. The Hall–Kier alpha value is -2.24. The number of thiazole rings is 1. The van der Waals surface area contributed by atoms with Crippen LogP contribution in [0.1, 0.15) is 23.8 Å². The monoisotopic (exact) mass is 363 g/mol. The van der Waals surface area contributed by atoms with Crippen molar-refractivity contribution in [2.24, 2.45) is 0 Å². The van der Waals surface area contributed by atoms with Gasteiger partial charge in [0.05, 0.1) is 16.3 Å². The molecule has 0 radical (unpaired) electrons. The predicted molar refractivity (Wildman–Crippen MR) is 106 cm³/mol. The number of nitrogens with zero attached hydrogens (tertiary/aromatic N) is 3. The van der Waals surface area contributed by atoms with Crippen molar-refractivity contribution in [2.45, 2.75) is 18.9 Å². The van der Waals surface area contributed by atoms with Gasteiger partial charge in [-0.2, -0.15) is 0 Å². The lowest BCUT2D eigenvalue weighted by atomic mass is 10.1. The van der Waals surface area contributed by atoms with Crippen LogP contribution in [0.3, 0.4) is 0 Å². The summed E-state index contributed by atoms with van der Waals surface area (Å²) >= 11 is 3.66. The lowest BCUT2D eigenvalue weighted by Crippen LogP contribution is -2.21.